The molecule has 1 aliphatic heterocycles. The summed E-state index contributed by atoms with van der Waals surface area (Å²) < 4.78 is 0. The van der Waals surface area contributed by atoms with Crippen LogP contribution in [0.15, 0.2) is 0 Å². The highest BCUT2D eigenvalue weighted by molar-refractivity contribution is 5.61. The smallest absolute Gasteiger partial charge is 0.223 e. The van der Waals surface area contributed by atoms with E-state index in [1.54, 1.807) is 0 Å². The van der Waals surface area contributed by atoms with Gasteiger partial charge in [0.25, 0.3) is 0 Å². The van der Waals surface area contributed by atoms with Gasteiger partial charge in [0.2, 0.25) is 5.95 Å². The lowest BCUT2D eigenvalue weighted by atomic mass is 9.88. The molecule has 0 aliphatic carbocycles. The lowest BCUT2D eigenvalue weighted by Crippen LogP contribution is -2.60. The number of rotatable bonds is 4. The maximum absolute atomic E-state index is 6.09. The quantitative estimate of drug-likeness (QED) is 0.777. The Morgan fingerprint density at radius 1 is 1.24 bits per heavy atom. The van der Waals surface area contributed by atoms with Crippen molar-refractivity contribution in [1.29, 1.82) is 0 Å². The van der Waals surface area contributed by atoms with Gasteiger partial charge in [-0.1, -0.05) is 34.6 Å². The Hall–Kier alpha value is -1.56. The fraction of sp³-hybridized carbons (Fsp3) is 0.733. The summed E-state index contributed by atoms with van der Waals surface area (Å²) in [5.74, 6) is 1.66. The van der Waals surface area contributed by atoms with Crippen LogP contribution in [0.1, 0.15) is 40.2 Å². The molecule has 0 radical (unpaired) electrons. The Balaban J connectivity index is 2.19. The number of anilines is 3. The van der Waals surface area contributed by atoms with E-state index < -0.39 is 0 Å². The Bertz CT molecular complexity index is 500. The fourth-order valence-corrected chi connectivity index (χ4v) is 2.70. The first-order chi connectivity index (χ1) is 9.65. The van der Waals surface area contributed by atoms with Gasteiger partial charge in [-0.2, -0.15) is 9.97 Å². The first-order valence-corrected chi connectivity index (χ1v) is 7.58. The number of nitrogens with one attached hydrogen (secondary N) is 1. The molecule has 0 amide bonds. The average Bonchev–Trinajstić information content (AvgIpc) is 2.25. The normalized spacial score (nSPS) is 16.4. The second-order valence-corrected chi connectivity index (χ2v) is 7.43. The zero-order valence-corrected chi connectivity index (χ0v) is 13.8. The summed E-state index contributed by atoms with van der Waals surface area (Å²) in [6.45, 7) is 12.8. The number of nitrogens with zero attached hydrogens (tertiary/aromatic N) is 3. The van der Waals surface area contributed by atoms with Gasteiger partial charge in [0.1, 0.15) is 11.6 Å². The zero-order valence-electron chi connectivity index (χ0n) is 13.8. The first-order valence-electron chi connectivity index (χ1n) is 7.58. The van der Waals surface area contributed by atoms with Gasteiger partial charge in [-0.05, 0) is 11.8 Å². The second kappa shape index (κ2) is 5.67. The summed E-state index contributed by atoms with van der Waals surface area (Å²) in [5.41, 5.74) is 13.0. The van der Waals surface area contributed by atoms with E-state index >= 15 is 0 Å². The summed E-state index contributed by atoms with van der Waals surface area (Å²) in [5, 5.41) is 3.53. The fourth-order valence-electron chi connectivity index (χ4n) is 2.70. The molecule has 0 bridgehead atoms. The maximum Gasteiger partial charge on any atom is 0.223 e. The van der Waals surface area contributed by atoms with Crippen LogP contribution in [-0.4, -0.2) is 35.1 Å². The number of nitrogens with two attached hydrogens (primary N) is 2. The monoisotopic (exact) mass is 292 g/mol. The molecule has 5 N–H and O–H groups in total. The molecule has 1 aromatic rings. The van der Waals surface area contributed by atoms with Crippen molar-refractivity contribution in [3.8, 4) is 0 Å². The van der Waals surface area contributed by atoms with E-state index in [1.807, 2.05) is 0 Å². The first kappa shape index (κ1) is 15.8. The number of nitrogen functional groups attached to an aromatic ring is 2. The molecule has 6 heteroatoms. The van der Waals surface area contributed by atoms with Crippen LogP contribution in [0.3, 0.4) is 0 Å². The van der Waals surface area contributed by atoms with E-state index in [9.17, 15) is 0 Å². The van der Waals surface area contributed by atoms with E-state index in [0.29, 0.717) is 17.9 Å². The van der Waals surface area contributed by atoms with Gasteiger partial charge in [-0.15, -0.1) is 0 Å². The van der Waals surface area contributed by atoms with Gasteiger partial charge >= 0.3 is 0 Å². The van der Waals surface area contributed by atoms with E-state index in [4.69, 9.17) is 11.5 Å². The topological polar surface area (TPSA) is 93.1 Å². The standard InChI is InChI=1S/C15H28N6/c1-9(2)18-10-7-21(8-10)13-11(6-15(3,4)5)12(16)19-14(17)20-13/h9-10,18H,6-8H2,1-5H3,(H4,16,17,19,20). The Morgan fingerprint density at radius 3 is 2.38 bits per heavy atom. The van der Waals surface area contributed by atoms with Gasteiger partial charge in [-0.25, -0.2) is 0 Å². The van der Waals surface area contributed by atoms with E-state index in [0.717, 1.165) is 30.9 Å². The van der Waals surface area contributed by atoms with Crippen molar-refractivity contribution in [2.24, 2.45) is 5.41 Å². The molecular formula is C15H28N6. The molecule has 118 valence electrons. The van der Waals surface area contributed by atoms with Gasteiger partial charge in [-0.3, -0.25) is 0 Å². The van der Waals surface area contributed by atoms with Crippen molar-refractivity contribution in [2.75, 3.05) is 29.5 Å². The van der Waals surface area contributed by atoms with Crippen LogP contribution in [-0.2, 0) is 6.42 Å². The summed E-state index contributed by atoms with van der Waals surface area (Å²) in [6, 6.07) is 0.997. The third-order valence-electron chi connectivity index (χ3n) is 3.49. The summed E-state index contributed by atoms with van der Waals surface area (Å²) in [6.07, 6.45) is 0.840. The summed E-state index contributed by atoms with van der Waals surface area (Å²) in [4.78, 5) is 10.8. The van der Waals surface area contributed by atoms with Crippen LogP contribution in [0.5, 0.6) is 0 Å². The molecule has 1 aromatic heterocycles. The molecular weight excluding hydrogens is 264 g/mol. The predicted molar refractivity (Wildman–Crippen MR) is 88.3 cm³/mol. The molecule has 0 saturated carbocycles. The molecule has 0 spiro atoms. The van der Waals surface area contributed by atoms with Crippen LogP contribution in [0.4, 0.5) is 17.6 Å². The molecule has 1 aliphatic rings. The Labute approximate surface area is 127 Å². The molecule has 0 unspecified atom stereocenters. The zero-order chi connectivity index (χ0) is 15.8. The van der Waals surface area contributed by atoms with Gasteiger partial charge in [0.15, 0.2) is 0 Å². The predicted octanol–water partition coefficient (Wildman–Crippen LogP) is 1.42. The number of hydrogen-bond acceptors (Lipinski definition) is 6. The third kappa shape index (κ3) is 3.97. The number of aromatic nitrogens is 2. The Morgan fingerprint density at radius 2 is 1.86 bits per heavy atom. The van der Waals surface area contributed by atoms with Crippen LogP contribution >= 0.6 is 0 Å². The lowest BCUT2D eigenvalue weighted by Gasteiger charge is -2.42. The average molecular weight is 292 g/mol. The highest BCUT2D eigenvalue weighted by Gasteiger charge is 2.31. The van der Waals surface area contributed by atoms with Crippen molar-refractivity contribution in [2.45, 2.75) is 53.1 Å². The van der Waals surface area contributed by atoms with E-state index in [-0.39, 0.29) is 11.4 Å². The largest absolute Gasteiger partial charge is 0.383 e. The minimum atomic E-state index is 0.128. The molecule has 0 aromatic carbocycles. The van der Waals surface area contributed by atoms with Gasteiger partial charge in [0, 0.05) is 30.7 Å². The van der Waals surface area contributed by atoms with Gasteiger partial charge < -0.3 is 21.7 Å². The molecule has 2 heterocycles. The molecule has 21 heavy (non-hydrogen) atoms. The third-order valence-corrected chi connectivity index (χ3v) is 3.49. The Kier molecular flexibility index (Phi) is 4.27. The number of hydrogen-bond donors (Lipinski definition) is 3. The van der Waals surface area contributed by atoms with Crippen LogP contribution in [0.2, 0.25) is 0 Å². The summed E-state index contributed by atoms with van der Waals surface area (Å²) >= 11 is 0. The molecule has 2 rings (SSSR count). The van der Waals surface area contributed by atoms with Crippen LogP contribution < -0.4 is 21.7 Å². The SMILES string of the molecule is CC(C)NC1CN(c2nc(N)nc(N)c2CC(C)(C)C)C1. The highest BCUT2D eigenvalue weighted by Crippen LogP contribution is 2.32. The minimum Gasteiger partial charge on any atom is -0.383 e. The van der Waals surface area contributed by atoms with E-state index in [1.165, 1.54) is 0 Å². The maximum atomic E-state index is 6.09. The molecule has 1 saturated heterocycles. The summed E-state index contributed by atoms with van der Waals surface area (Å²) in [7, 11) is 0. The van der Waals surface area contributed by atoms with Crippen LogP contribution in [0, 0.1) is 5.41 Å². The lowest BCUT2D eigenvalue weighted by molar-refractivity contribution is 0.382. The van der Waals surface area contributed by atoms with Crippen molar-refractivity contribution >= 4 is 17.6 Å². The van der Waals surface area contributed by atoms with Crippen LogP contribution in [0.25, 0.3) is 0 Å². The van der Waals surface area contributed by atoms with Crippen molar-refractivity contribution < 1.29 is 0 Å². The minimum absolute atomic E-state index is 0.128. The molecule has 6 nitrogen and oxygen atoms in total. The van der Waals surface area contributed by atoms with Crippen molar-refractivity contribution in [3.63, 3.8) is 0 Å². The second-order valence-electron chi connectivity index (χ2n) is 7.43. The van der Waals surface area contributed by atoms with Crippen molar-refractivity contribution in [1.82, 2.24) is 15.3 Å². The van der Waals surface area contributed by atoms with Gasteiger partial charge in [0.05, 0.1) is 0 Å². The van der Waals surface area contributed by atoms with Crippen molar-refractivity contribution in [3.05, 3.63) is 5.56 Å². The van der Waals surface area contributed by atoms with E-state index in [2.05, 4.69) is 54.8 Å². The molecule has 1 fully saturated rings. The molecule has 0 atom stereocenters. The highest BCUT2D eigenvalue weighted by atomic mass is 15.3.